The maximum Gasteiger partial charge on any atom is 0.243 e. The van der Waals surface area contributed by atoms with Gasteiger partial charge < -0.3 is 15.0 Å². The zero-order chi connectivity index (χ0) is 23.4. The second kappa shape index (κ2) is 9.93. The summed E-state index contributed by atoms with van der Waals surface area (Å²) in [5.74, 6) is 0.434. The summed E-state index contributed by atoms with van der Waals surface area (Å²) in [7, 11) is -2.06. The normalized spacial score (nSPS) is 17.8. The molecule has 2 aromatic carbocycles. The van der Waals surface area contributed by atoms with Crippen molar-refractivity contribution >= 4 is 27.5 Å². The molecule has 2 amide bonds. The molecule has 2 aromatic rings. The van der Waals surface area contributed by atoms with Crippen LogP contribution in [0.4, 0.5) is 5.69 Å². The lowest BCUT2D eigenvalue weighted by molar-refractivity contribution is -0.126. The molecule has 0 aromatic heterocycles. The van der Waals surface area contributed by atoms with Crippen LogP contribution in [0.3, 0.4) is 0 Å². The molecule has 176 valence electrons. The van der Waals surface area contributed by atoms with Crippen LogP contribution in [-0.2, 0) is 26.2 Å². The summed E-state index contributed by atoms with van der Waals surface area (Å²) in [6, 6.07) is 14.0. The van der Waals surface area contributed by atoms with Gasteiger partial charge in [-0.25, -0.2) is 8.42 Å². The summed E-state index contributed by atoms with van der Waals surface area (Å²) in [6.07, 6.45) is 2.40. The zero-order valence-corrected chi connectivity index (χ0v) is 19.5. The van der Waals surface area contributed by atoms with Crippen LogP contribution in [0.2, 0.25) is 0 Å². The molecule has 2 fully saturated rings. The Labute approximate surface area is 194 Å². The van der Waals surface area contributed by atoms with E-state index in [1.807, 2.05) is 24.3 Å². The number of rotatable bonds is 7. The third-order valence-corrected chi connectivity index (χ3v) is 8.20. The van der Waals surface area contributed by atoms with Gasteiger partial charge >= 0.3 is 0 Å². The van der Waals surface area contributed by atoms with Crippen LogP contribution in [-0.4, -0.2) is 51.3 Å². The summed E-state index contributed by atoms with van der Waals surface area (Å²) < 4.78 is 32.3. The lowest BCUT2D eigenvalue weighted by Gasteiger charge is -2.30. The van der Waals surface area contributed by atoms with E-state index in [-0.39, 0.29) is 22.6 Å². The molecule has 0 spiro atoms. The molecule has 0 radical (unpaired) electrons. The van der Waals surface area contributed by atoms with Crippen LogP contribution in [0, 0.1) is 5.92 Å². The van der Waals surface area contributed by atoms with Crippen LogP contribution in [0.5, 0.6) is 5.75 Å². The molecule has 1 N–H and O–H groups in total. The molecule has 0 saturated carbocycles. The van der Waals surface area contributed by atoms with E-state index in [4.69, 9.17) is 4.74 Å². The summed E-state index contributed by atoms with van der Waals surface area (Å²) in [6.45, 7) is 1.71. The van der Waals surface area contributed by atoms with Crippen molar-refractivity contribution in [3.05, 3.63) is 54.1 Å². The molecule has 8 nitrogen and oxygen atoms in total. The molecule has 2 aliphatic rings. The summed E-state index contributed by atoms with van der Waals surface area (Å²) in [4.78, 5) is 26.7. The van der Waals surface area contributed by atoms with Crippen molar-refractivity contribution in [2.24, 2.45) is 5.92 Å². The van der Waals surface area contributed by atoms with E-state index in [0.29, 0.717) is 44.6 Å². The standard InChI is InChI=1S/C24H29N3O5S/c1-32-21-7-9-22(10-8-21)33(30,31)26-14-11-19(12-15-26)24(29)25-17-18-4-2-5-20(16-18)27-13-3-6-23(27)28/h2,4-5,7-10,16,19H,3,6,11-15,17H2,1H3,(H,25,29). The van der Waals surface area contributed by atoms with E-state index in [1.54, 1.807) is 17.0 Å². The summed E-state index contributed by atoms with van der Waals surface area (Å²) >= 11 is 0. The van der Waals surface area contributed by atoms with Crippen LogP contribution in [0.25, 0.3) is 0 Å². The van der Waals surface area contributed by atoms with E-state index in [9.17, 15) is 18.0 Å². The maximum absolute atomic E-state index is 12.9. The Balaban J connectivity index is 1.30. The topological polar surface area (TPSA) is 96.0 Å². The third kappa shape index (κ3) is 5.20. The van der Waals surface area contributed by atoms with E-state index in [2.05, 4.69) is 5.32 Å². The fraction of sp³-hybridized carbons (Fsp3) is 0.417. The van der Waals surface area contributed by atoms with Crippen molar-refractivity contribution in [1.82, 2.24) is 9.62 Å². The highest BCUT2D eigenvalue weighted by atomic mass is 32.2. The molecular formula is C24H29N3O5S. The molecule has 4 rings (SSSR count). The third-order valence-electron chi connectivity index (χ3n) is 6.28. The lowest BCUT2D eigenvalue weighted by atomic mass is 9.97. The quantitative estimate of drug-likeness (QED) is 0.670. The number of sulfonamides is 1. The highest BCUT2D eigenvalue weighted by Crippen LogP contribution is 2.26. The van der Waals surface area contributed by atoms with Gasteiger partial charge in [-0.05, 0) is 61.2 Å². The molecule has 2 aliphatic heterocycles. The Kier molecular flexibility index (Phi) is 6.99. The molecule has 0 bridgehead atoms. The molecule has 2 saturated heterocycles. The number of nitrogens with one attached hydrogen (secondary N) is 1. The van der Waals surface area contributed by atoms with Crippen LogP contribution in [0.15, 0.2) is 53.4 Å². The number of carbonyl (C=O) groups is 2. The van der Waals surface area contributed by atoms with Gasteiger partial charge in [0.15, 0.2) is 0 Å². The van der Waals surface area contributed by atoms with Crippen LogP contribution < -0.4 is 15.0 Å². The Morgan fingerprint density at radius 3 is 2.45 bits per heavy atom. The Morgan fingerprint density at radius 2 is 1.82 bits per heavy atom. The molecule has 0 aliphatic carbocycles. The number of piperidine rings is 1. The average molecular weight is 472 g/mol. The first-order valence-electron chi connectivity index (χ1n) is 11.2. The monoisotopic (exact) mass is 471 g/mol. The highest BCUT2D eigenvalue weighted by Gasteiger charge is 2.32. The first kappa shape index (κ1) is 23.3. The molecule has 0 atom stereocenters. The Hall–Kier alpha value is -2.91. The second-order valence-corrected chi connectivity index (χ2v) is 10.3. The number of nitrogens with zero attached hydrogens (tertiary/aromatic N) is 2. The predicted octanol–water partition coefficient (Wildman–Crippen LogP) is 2.54. The Morgan fingerprint density at radius 1 is 1.09 bits per heavy atom. The fourth-order valence-corrected chi connectivity index (χ4v) is 5.81. The molecule has 9 heteroatoms. The van der Waals surface area contributed by atoms with Gasteiger partial charge in [-0.1, -0.05) is 12.1 Å². The first-order valence-corrected chi connectivity index (χ1v) is 12.6. The smallest absolute Gasteiger partial charge is 0.243 e. The van der Waals surface area contributed by atoms with Crippen molar-refractivity contribution < 1.29 is 22.7 Å². The summed E-state index contributed by atoms with van der Waals surface area (Å²) in [5.41, 5.74) is 1.79. The zero-order valence-electron chi connectivity index (χ0n) is 18.7. The fourth-order valence-electron chi connectivity index (χ4n) is 4.34. The lowest BCUT2D eigenvalue weighted by Crippen LogP contribution is -2.42. The number of anilines is 1. The minimum absolute atomic E-state index is 0.0702. The van der Waals surface area contributed by atoms with Gasteiger partial charge in [0.1, 0.15) is 5.75 Å². The first-order chi connectivity index (χ1) is 15.9. The van der Waals surface area contributed by atoms with E-state index >= 15 is 0 Å². The van der Waals surface area contributed by atoms with Crippen molar-refractivity contribution in [3.63, 3.8) is 0 Å². The van der Waals surface area contributed by atoms with Gasteiger partial charge in [0.2, 0.25) is 21.8 Å². The summed E-state index contributed by atoms with van der Waals surface area (Å²) in [5, 5.41) is 2.97. The molecule has 0 unspecified atom stereocenters. The van der Waals surface area contributed by atoms with Crippen molar-refractivity contribution in [1.29, 1.82) is 0 Å². The van der Waals surface area contributed by atoms with Gasteiger partial charge in [0.25, 0.3) is 0 Å². The molecule has 2 heterocycles. The number of benzene rings is 2. The van der Waals surface area contributed by atoms with Gasteiger partial charge in [0, 0.05) is 44.2 Å². The minimum Gasteiger partial charge on any atom is -0.497 e. The van der Waals surface area contributed by atoms with Crippen molar-refractivity contribution in [2.75, 3.05) is 31.6 Å². The number of hydrogen-bond acceptors (Lipinski definition) is 5. The number of ether oxygens (including phenoxy) is 1. The van der Waals surface area contributed by atoms with E-state index in [1.165, 1.54) is 23.5 Å². The number of amides is 2. The van der Waals surface area contributed by atoms with Gasteiger partial charge in [-0.15, -0.1) is 0 Å². The number of methoxy groups -OCH3 is 1. The second-order valence-electron chi connectivity index (χ2n) is 8.39. The minimum atomic E-state index is -3.59. The number of carbonyl (C=O) groups excluding carboxylic acids is 2. The SMILES string of the molecule is COc1ccc(S(=O)(=O)N2CCC(C(=O)NCc3cccc(N4CCCC4=O)c3)CC2)cc1. The number of hydrogen-bond donors (Lipinski definition) is 1. The van der Waals surface area contributed by atoms with Crippen LogP contribution in [0.1, 0.15) is 31.2 Å². The average Bonchev–Trinajstić information content (AvgIpc) is 3.28. The van der Waals surface area contributed by atoms with Gasteiger partial charge in [-0.3, -0.25) is 9.59 Å². The Bertz CT molecular complexity index is 1110. The van der Waals surface area contributed by atoms with Gasteiger partial charge in [0.05, 0.1) is 12.0 Å². The maximum atomic E-state index is 12.9. The van der Waals surface area contributed by atoms with Crippen molar-refractivity contribution in [2.45, 2.75) is 37.1 Å². The molecule has 33 heavy (non-hydrogen) atoms. The van der Waals surface area contributed by atoms with Crippen molar-refractivity contribution in [3.8, 4) is 5.75 Å². The van der Waals surface area contributed by atoms with E-state index < -0.39 is 10.0 Å². The highest BCUT2D eigenvalue weighted by molar-refractivity contribution is 7.89. The largest absolute Gasteiger partial charge is 0.497 e. The van der Waals surface area contributed by atoms with Crippen LogP contribution >= 0.6 is 0 Å². The van der Waals surface area contributed by atoms with E-state index in [0.717, 1.165) is 24.2 Å². The predicted molar refractivity (Wildman–Crippen MR) is 124 cm³/mol. The molecular weight excluding hydrogens is 442 g/mol. The van der Waals surface area contributed by atoms with Gasteiger partial charge in [-0.2, -0.15) is 4.31 Å².